The molecule has 4 atom stereocenters. The first-order chi connectivity index (χ1) is 20.2. The molecule has 3 rings (SSSR count). The molecule has 1 unspecified atom stereocenters. The molecule has 1 amide bonds. The third-order valence-corrected chi connectivity index (χ3v) is 6.43. The van der Waals surface area contributed by atoms with Crippen LogP contribution < -0.4 is 5.32 Å². The van der Waals surface area contributed by atoms with Gasteiger partial charge in [-0.2, -0.15) is 0 Å². The van der Waals surface area contributed by atoms with Crippen LogP contribution in [0, 0.1) is 0 Å². The van der Waals surface area contributed by atoms with Gasteiger partial charge in [-0.1, -0.05) is 97.1 Å². The summed E-state index contributed by atoms with van der Waals surface area (Å²) in [4.78, 5) is 12.7. The van der Waals surface area contributed by atoms with Gasteiger partial charge in [0.05, 0.1) is 32.5 Å². The smallest absolute Gasteiger partial charge is 0.407 e. The van der Waals surface area contributed by atoms with E-state index in [-0.39, 0.29) is 19.3 Å². The number of alkyl carbamates (subject to hydrolysis) is 1. The summed E-state index contributed by atoms with van der Waals surface area (Å²) in [6, 6.07) is 29.0. The molecule has 3 aromatic carbocycles. The van der Waals surface area contributed by atoms with Gasteiger partial charge in [-0.25, -0.2) is 4.79 Å². The van der Waals surface area contributed by atoms with E-state index in [0.717, 1.165) is 16.7 Å². The number of rotatable bonds is 17. The Balaban J connectivity index is 1.81. The molecule has 2 N–H and O–H groups in total. The molecule has 42 heavy (non-hydrogen) atoms. The zero-order valence-electron chi connectivity index (χ0n) is 25.0. The molecule has 0 aliphatic carbocycles. The molecule has 0 spiro atoms. The molecule has 0 saturated heterocycles. The van der Waals surface area contributed by atoms with Crippen molar-refractivity contribution in [2.24, 2.45) is 0 Å². The zero-order chi connectivity index (χ0) is 30.2. The number of hydrogen-bond acceptors (Lipinski definition) is 6. The van der Waals surface area contributed by atoms with Crippen molar-refractivity contribution in [3.05, 3.63) is 120 Å². The van der Waals surface area contributed by atoms with Gasteiger partial charge in [0.1, 0.15) is 17.8 Å². The number of nitrogens with one attached hydrogen (secondary N) is 1. The molecular weight excluding hydrogens is 530 g/mol. The minimum absolute atomic E-state index is 0.0468. The van der Waals surface area contributed by atoms with Gasteiger partial charge < -0.3 is 29.4 Å². The van der Waals surface area contributed by atoms with E-state index in [0.29, 0.717) is 26.1 Å². The van der Waals surface area contributed by atoms with Gasteiger partial charge in [0, 0.05) is 6.04 Å². The van der Waals surface area contributed by atoms with Crippen molar-refractivity contribution in [2.75, 3.05) is 6.61 Å². The lowest BCUT2D eigenvalue weighted by molar-refractivity contribution is -0.150. The van der Waals surface area contributed by atoms with E-state index in [1.54, 1.807) is 6.08 Å². The van der Waals surface area contributed by atoms with E-state index in [1.807, 2.05) is 112 Å². The molecule has 0 radical (unpaired) electrons. The first-order valence-electron chi connectivity index (χ1n) is 14.4. The van der Waals surface area contributed by atoms with Gasteiger partial charge >= 0.3 is 6.09 Å². The molecule has 0 fully saturated rings. The summed E-state index contributed by atoms with van der Waals surface area (Å²) in [7, 11) is 0. The van der Waals surface area contributed by atoms with Crippen LogP contribution >= 0.6 is 0 Å². The van der Waals surface area contributed by atoms with Gasteiger partial charge in [-0.3, -0.25) is 0 Å². The van der Waals surface area contributed by atoms with Crippen molar-refractivity contribution in [1.82, 2.24) is 5.32 Å². The van der Waals surface area contributed by atoms with Crippen LogP contribution in [0.2, 0.25) is 0 Å². The topological polar surface area (TPSA) is 86.3 Å². The molecule has 0 saturated carbocycles. The molecule has 0 aromatic heterocycles. The number of carbonyl (C=O) groups excluding carboxylic acids is 1. The molecule has 0 aliphatic rings. The summed E-state index contributed by atoms with van der Waals surface area (Å²) in [5, 5.41) is 14.4. The number of ether oxygens (including phenoxy) is 4. The molecule has 226 valence electrons. The van der Waals surface area contributed by atoms with Crippen molar-refractivity contribution in [3.63, 3.8) is 0 Å². The summed E-state index contributed by atoms with van der Waals surface area (Å²) >= 11 is 0. The van der Waals surface area contributed by atoms with Crippen molar-refractivity contribution < 1.29 is 28.8 Å². The van der Waals surface area contributed by atoms with Crippen LogP contribution in [0.3, 0.4) is 0 Å². The third-order valence-electron chi connectivity index (χ3n) is 6.43. The second-order valence-corrected chi connectivity index (χ2v) is 11.3. The summed E-state index contributed by atoms with van der Waals surface area (Å²) in [5.74, 6) is 0. The quantitative estimate of drug-likeness (QED) is 0.177. The van der Waals surface area contributed by atoms with Crippen molar-refractivity contribution in [3.8, 4) is 0 Å². The Morgan fingerprint density at radius 3 is 1.83 bits per heavy atom. The lowest BCUT2D eigenvalue weighted by atomic mass is 9.98. The average Bonchev–Trinajstić information content (AvgIpc) is 2.96. The second kappa shape index (κ2) is 17.5. The lowest BCUT2D eigenvalue weighted by Gasteiger charge is -2.33. The zero-order valence-corrected chi connectivity index (χ0v) is 25.0. The maximum Gasteiger partial charge on any atom is 0.407 e. The van der Waals surface area contributed by atoms with E-state index in [2.05, 4.69) is 11.9 Å². The fraction of sp³-hybridized carbons (Fsp3) is 0.400. The van der Waals surface area contributed by atoms with Crippen LogP contribution in [0.1, 0.15) is 50.3 Å². The number of hydrogen-bond donors (Lipinski definition) is 2. The fourth-order valence-electron chi connectivity index (χ4n) is 4.44. The van der Waals surface area contributed by atoms with E-state index >= 15 is 0 Å². The van der Waals surface area contributed by atoms with Gasteiger partial charge in [-0.15, -0.1) is 6.58 Å². The van der Waals surface area contributed by atoms with Crippen molar-refractivity contribution in [1.29, 1.82) is 0 Å². The van der Waals surface area contributed by atoms with Crippen LogP contribution in [-0.2, 0) is 38.8 Å². The Kier molecular flexibility index (Phi) is 13.7. The fourth-order valence-corrected chi connectivity index (χ4v) is 4.44. The Hall–Kier alpha value is -3.49. The highest BCUT2D eigenvalue weighted by Crippen LogP contribution is 2.21. The van der Waals surface area contributed by atoms with Gasteiger partial charge in [0.2, 0.25) is 0 Å². The summed E-state index contributed by atoms with van der Waals surface area (Å²) in [6.45, 7) is 10.3. The van der Waals surface area contributed by atoms with E-state index in [4.69, 9.17) is 18.9 Å². The monoisotopic (exact) mass is 575 g/mol. The minimum atomic E-state index is -0.996. The number of aliphatic hydroxyl groups is 1. The highest BCUT2D eigenvalue weighted by atomic mass is 16.6. The number of benzene rings is 3. The molecule has 0 heterocycles. The number of aliphatic hydroxyl groups excluding tert-OH is 1. The normalized spacial score (nSPS) is 14.4. The van der Waals surface area contributed by atoms with Crippen molar-refractivity contribution in [2.45, 2.75) is 83.4 Å². The van der Waals surface area contributed by atoms with Gasteiger partial charge in [0.15, 0.2) is 0 Å². The molecule has 0 aliphatic heterocycles. The molecular formula is C35H45NO6. The molecule has 7 heteroatoms. The minimum Gasteiger partial charge on any atom is -0.444 e. The Morgan fingerprint density at radius 1 is 0.833 bits per heavy atom. The van der Waals surface area contributed by atoms with Gasteiger partial charge in [0.25, 0.3) is 0 Å². The highest BCUT2D eigenvalue weighted by molar-refractivity contribution is 5.68. The van der Waals surface area contributed by atoms with Crippen LogP contribution in [-0.4, -0.2) is 47.8 Å². The molecule has 3 aromatic rings. The van der Waals surface area contributed by atoms with E-state index in [1.165, 1.54) is 0 Å². The van der Waals surface area contributed by atoms with E-state index < -0.39 is 30.0 Å². The number of amides is 1. The predicted molar refractivity (Wildman–Crippen MR) is 165 cm³/mol. The largest absolute Gasteiger partial charge is 0.444 e. The van der Waals surface area contributed by atoms with E-state index in [9.17, 15) is 9.90 Å². The number of carbonyl (C=O) groups is 1. The molecule has 0 bridgehead atoms. The maximum absolute atomic E-state index is 12.7. The van der Waals surface area contributed by atoms with Crippen LogP contribution in [0.4, 0.5) is 4.79 Å². The Labute approximate surface area is 250 Å². The Bertz CT molecular complexity index is 1170. The lowest BCUT2D eigenvalue weighted by Crippen LogP contribution is -2.48. The first-order valence-corrected chi connectivity index (χ1v) is 14.4. The predicted octanol–water partition coefficient (Wildman–Crippen LogP) is 6.59. The van der Waals surface area contributed by atoms with Crippen LogP contribution in [0.5, 0.6) is 0 Å². The van der Waals surface area contributed by atoms with Gasteiger partial charge in [-0.05, 0) is 50.3 Å². The average molecular weight is 576 g/mol. The summed E-state index contributed by atoms with van der Waals surface area (Å²) in [6.07, 6.45) is -0.283. The third kappa shape index (κ3) is 12.6. The van der Waals surface area contributed by atoms with Crippen molar-refractivity contribution >= 4 is 6.09 Å². The molecule has 7 nitrogen and oxygen atoms in total. The second-order valence-electron chi connectivity index (χ2n) is 11.3. The highest BCUT2D eigenvalue weighted by Gasteiger charge is 2.33. The summed E-state index contributed by atoms with van der Waals surface area (Å²) in [5.41, 5.74) is 2.33. The summed E-state index contributed by atoms with van der Waals surface area (Å²) < 4.78 is 24.3. The van der Waals surface area contributed by atoms with Crippen LogP contribution in [0.25, 0.3) is 0 Å². The maximum atomic E-state index is 12.7. The van der Waals surface area contributed by atoms with Crippen LogP contribution in [0.15, 0.2) is 104 Å². The standard InChI is InChI=1S/C35H45NO6/c1-5-15-30(36-34(38)42-35(2,3)4)22-32(40-24-28-18-11-7-12-19-28)33(41-25-29-20-13-8-14-21-29)31(37)26-39-23-27-16-9-6-10-17-27/h5-14,16-21,30-33,37H,1,15,22-26H2,2-4H3,(H,36,38)/t30?,31-,32-,33+/m1/s1. The first kappa shape index (κ1) is 33.0. The SMILES string of the molecule is C=CCC(C[C@@H](OCc1ccccc1)[C@@H](OCc1ccccc1)[C@H](O)COCc1ccccc1)NC(=O)OC(C)(C)C. The Morgan fingerprint density at radius 2 is 1.33 bits per heavy atom.